The van der Waals surface area contributed by atoms with Crippen LogP contribution in [0.1, 0.15) is 0 Å². The van der Waals surface area contributed by atoms with E-state index >= 15 is 0 Å². The fraction of sp³-hybridized carbons (Fsp3) is 0.625. The largest absolute Gasteiger partial charge is 0.313 e. The number of nitrogens with zero attached hydrogens (tertiary/aromatic N) is 2. The number of rotatable bonds is 1. The van der Waals surface area contributed by atoms with Crippen molar-refractivity contribution in [3.8, 4) is 18.4 Å². The van der Waals surface area contributed by atoms with Gasteiger partial charge in [0.25, 0.3) is 0 Å². The van der Waals surface area contributed by atoms with Crippen LogP contribution in [0.25, 0.3) is 0 Å². The zero-order valence-corrected chi connectivity index (χ0v) is 6.38. The molecule has 3 heteroatoms. The third kappa shape index (κ3) is 1.94. The molecule has 0 aromatic carbocycles. The number of hydrogen-bond acceptors (Lipinski definition) is 3. The molecule has 1 saturated heterocycles. The third-order valence-electron chi connectivity index (χ3n) is 1.80. The summed E-state index contributed by atoms with van der Waals surface area (Å²) in [6, 6.07) is 2.16. The molecule has 3 nitrogen and oxygen atoms in total. The van der Waals surface area contributed by atoms with Crippen molar-refractivity contribution in [2.75, 3.05) is 26.2 Å². The van der Waals surface area contributed by atoms with Gasteiger partial charge in [0.05, 0.1) is 12.6 Å². The smallest absolute Gasteiger partial charge is 0.111 e. The van der Waals surface area contributed by atoms with E-state index in [4.69, 9.17) is 11.7 Å². The lowest BCUT2D eigenvalue weighted by molar-refractivity contribution is 0.221. The second-order valence-corrected chi connectivity index (χ2v) is 2.52. The minimum atomic E-state index is -0.0419. The summed E-state index contributed by atoms with van der Waals surface area (Å²) in [6.45, 7) is 3.13. The summed E-state index contributed by atoms with van der Waals surface area (Å²) in [6.07, 6.45) is 5.15. The van der Waals surface area contributed by atoms with Gasteiger partial charge in [0, 0.05) is 19.6 Å². The Balaban J connectivity index is 2.47. The molecule has 0 aromatic rings. The summed E-state index contributed by atoms with van der Waals surface area (Å²) >= 11 is 0. The number of piperazine rings is 1. The molecule has 0 spiro atoms. The van der Waals surface area contributed by atoms with Gasteiger partial charge in [-0.25, -0.2) is 0 Å². The molecule has 1 unspecified atom stereocenters. The van der Waals surface area contributed by atoms with E-state index in [-0.39, 0.29) is 6.04 Å². The van der Waals surface area contributed by atoms with Crippen LogP contribution in [-0.2, 0) is 0 Å². The summed E-state index contributed by atoms with van der Waals surface area (Å²) in [4.78, 5) is 2.01. The van der Waals surface area contributed by atoms with Crippen LogP contribution in [0.2, 0.25) is 0 Å². The van der Waals surface area contributed by atoms with Crippen molar-refractivity contribution in [3.63, 3.8) is 0 Å². The lowest BCUT2D eigenvalue weighted by atomic mass is 10.2. The zero-order valence-electron chi connectivity index (χ0n) is 6.38. The third-order valence-corrected chi connectivity index (χ3v) is 1.80. The molecule has 0 amide bonds. The monoisotopic (exact) mass is 149 g/mol. The fourth-order valence-corrected chi connectivity index (χ4v) is 1.18. The predicted octanol–water partition coefficient (Wildman–Crippen LogP) is -0.583. The Morgan fingerprint density at radius 1 is 1.73 bits per heavy atom. The molecule has 0 aromatic heterocycles. The standard InChI is InChI=1S/C8H11N3/c1-2-4-11-5-3-10-7-8(11)6-9/h1,8,10H,3-5,7H2. The summed E-state index contributed by atoms with van der Waals surface area (Å²) < 4.78 is 0. The average molecular weight is 149 g/mol. The van der Waals surface area contributed by atoms with Gasteiger partial charge in [0.1, 0.15) is 6.04 Å². The van der Waals surface area contributed by atoms with E-state index in [1.54, 1.807) is 0 Å². The van der Waals surface area contributed by atoms with Crippen molar-refractivity contribution in [3.05, 3.63) is 0 Å². The first kappa shape index (κ1) is 8.07. The van der Waals surface area contributed by atoms with Gasteiger partial charge in [-0.1, -0.05) is 5.92 Å². The molecule has 11 heavy (non-hydrogen) atoms. The molecule has 1 aliphatic rings. The molecule has 1 heterocycles. The molecule has 1 aliphatic heterocycles. The van der Waals surface area contributed by atoms with Crippen molar-refractivity contribution >= 4 is 0 Å². The Bertz CT molecular complexity index is 198. The Kier molecular flexibility index (Phi) is 2.92. The highest BCUT2D eigenvalue weighted by atomic mass is 15.2. The van der Waals surface area contributed by atoms with Gasteiger partial charge in [0.15, 0.2) is 0 Å². The van der Waals surface area contributed by atoms with E-state index in [9.17, 15) is 0 Å². The Morgan fingerprint density at radius 3 is 3.18 bits per heavy atom. The van der Waals surface area contributed by atoms with Crippen molar-refractivity contribution in [2.45, 2.75) is 6.04 Å². The van der Waals surface area contributed by atoms with Crippen LogP contribution in [0.15, 0.2) is 0 Å². The van der Waals surface area contributed by atoms with E-state index in [0.717, 1.165) is 19.6 Å². The van der Waals surface area contributed by atoms with Crippen LogP contribution in [0.5, 0.6) is 0 Å². The Labute approximate surface area is 67.0 Å². The molecule has 1 N–H and O–H groups in total. The first-order valence-corrected chi connectivity index (χ1v) is 3.66. The van der Waals surface area contributed by atoms with Gasteiger partial charge >= 0.3 is 0 Å². The van der Waals surface area contributed by atoms with Crippen molar-refractivity contribution in [1.29, 1.82) is 5.26 Å². The highest BCUT2D eigenvalue weighted by Crippen LogP contribution is 1.99. The minimum Gasteiger partial charge on any atom is -0.313 e. The lowest BCUT2D eigenvalue weighted by Crippen LogP contribution is -2.50. The van der Waals surface area contributed by atoms with Crippen molar-refractivity contribution < 1.29 is 0 Å². The molecule has 1 fully saturated rings. The summed E-state index contributed by atoms with van der Waals surface area (Å²) in [5.74, 6) is 2.55. The number of nitriles is 1. The topological polar surface area (TPSA) is 39.1 Å². The average Bonchev–Trinajstić information content (AvgIpc) is 2.06. The van der Waals surface area contributed by atoms with E-state index in [2.05, 4.69) is 17.3 Å². The first-order chi connectivity index (χ1) is 5.38. The first-order valence-electron chi connectivity index (χ1n) is 3.66. The number of terminal acetylenes is 1. The minimum absolute atomic E-state index is 0.0419. The fourth-order valence-electron chi connectivity index (χ4n) is 1.18. The SMILES string of the molecule is C#CCN1CCNCC1C#N. The van der Waals surface area contributed by atoms with E-state index < -0.39 is 0 Å². The molecule has 1 atom stereocenters. The Morgan fingerprint density at radius 2 is 2.55 bits per heavy atom. The number of hydrogen-bond donors (Lipinski definition) is 1. The quantitative estimate of drug-likeness (QED) is 0.507. The normalized spacial score (nSPS) is 25.5. The maximum Gasteiger partial charge on any atom is 0.111 e. The zero-order chi connectivity index (χ0) is 8.10. The molecule has 0 radical (unpaired) electrons. The molecular weight excluding hydrogens is 138 g/mol. The van der Waals surface area contributed by atoms with Crippen LogP contribution >= 0.6 is 0 Å². The summed E-state index contributed by atoms with van der Waals surface area (Å²) in [7, 11) is 0. The lowest BCUT2D eigenvalue weighted by Gasteiger charge is -2.29. The van der Waals surface area contributed by atoms with Crippen LogP contribution in [0.4, 0.5) is 0 Å². The van der Waals surface area contributed by atoms with Gasteiger partial charge < -0.3 is 5.32 Å². The van der Waals surface area contributed by atoms with Gasteiger partial charge in [-0.3, -0.25) is 4.90 Å². The second-order valence-electron chi connectivity index (χ2n) is 2.52. The second kappa shape index (κ2) is 3.98. The van der Waals surface area contributed by atoms with Gasteiger partial charge in [-0.15, -0.1) is 6.42 Å². The van der Waals surface area contributed by atoms with E-state index in [0.29, 0.717) is 6.54 Å². The molecule has 0 aliphatic carbocycles. The van der Waals surface area contributed by atoms with Gasteiger partial charge in [-0.05, 0) is 0 Å². The maximum absolute atomic E-state index is 8.69. The molecule has 0 saturated carbocycles. The summed E-state index contributed by atoms with van der Waals surface area (Å²) in [5, 5.41) is 11.8. The number of nitrogens with one attached hydrogen (secondary N) is 1. The molecule has 58 valence electrons. The highest BCUT2D eigenvalue weighted by Gasteiger charge is 2.19. The molecule has 0 bridgehead atoms. The Hall–Kier alpha value is -1.03. The van der Waals surface area contributed by atoms with E-state index in [1.807, 2.05) is 4.90 Å². The molecular formula is C8H11N3. The van der Waals surface area contributed by atoms with Crippen LogP contribution < -0.4 is 5.32 Å². The van der Waals surface area contributed by atoms with E-state index in [1.165, 1.54) is 0 Å². The van der Waals surface area contributed by atoms with Gasteiger partial charge in [-0.2, -0.15) is 5.26 Å². The van der Waals surface area contributed by atoms with Crippen LogP contribution in [-0.4, -0.2) is 37.1 Å². The highest BCUT2D eigenvalue weighted by molar-refractivity contribution is 5.00. The van der Waals surface area contributed by atoms with Crippen molar-refractivity contribution in [2.24, 2.45) is 0 Å². The van der Waals surface area contributed by atoms with Crippen LogP contribution in [0.3, 0.4) is 0 Å². The predicted molar refractivity (Wildman–Crippen MR) is 42.7 cm³/mol. The summed E-state index contributed by atoms with van der Waals surface area (Å²) in [5.41, 5.74) is 0. The molecule has 1 rings (SSSR count). The van der Waals surface area contributed by atoms with Gasteiger partial charge in [0.2, 0.25) is 0 Å². The van der Waals surface area contributed by atoms with Crippen molar-refractivity contribution in [1.82, 2.24) is 10.2 Å². The van der Waals surface area contributed by atoms with Crippen LogP contribution in [0, 0.1) is 23.7 Å². The maximum atomic E-state index is 8.69.